The molecule has 0 fully saturated rings. The van der Waals surface area contributed by atoms with Crippen molar-refractivity contribution >= 4 is 19.4 Å². The van der Waals surface area contributed by atoms with Gasteiger partial charge in [0.15, 0.2) is 0 Å². The van der Waals surface area contributed by atoms with Crippen LogP contribution < -0.4 is 10.2 Å². The van der Waals surface area contributed by atoms with Crippen molar-refractivity contribution < 1.29 is 0 Å². The molecule has 2 N–H and O–H groups in total. The maximum absolute atomic E-state index is 5.44. The van der Waals surface area contributed by atoms with Crippen LogP contribution in [0.15, 0.2) is 30.3 Å². The van der Waals surface area contributed by atoms with E-state index in [0.717, 1.165) is 6.54 Å². The summed E-state index contributed by atoms with van der Waals surface area (Å²) in [5.41, 5.74) is 5.44. The number of unbranched alkanes of at least 4 members (excludes halogenated alkanes) is 3. The van der Waals surface area contributed by atoms with Gasteiger partial charge in [0, 0.05) is 0 Å². The number of benzene rings is 1. The van der Waals surface area contributed by atoms with E-state index in [-0.39, 0.29) is 0 Å². The SMILES string of the molecule is NCCCCCC[Se]c1ccccc1. The predicted molar refractivity (Wildman–Crippen MR) is 64.2 cm³/mol. The molecule has 0 radical (unpaired) electrons. The Morgan fingerprint density at radius 2 is 1.64 bits per heavy atom. The van der Waals surface area contributed by atoms with Gasteiger partial charge in [-0.25, -0.2) is 0 Å². The fraction of sp³-hybridized carbons (Fsp3) is 0.500. The third-order valence-corrected chi connectivity index (χ3v) is 4.41. The van der Waals surface area contributed by atoms with E-state index in [2.05, 4.69) is 30.3 Å². The van der Waals surface area contributed by atoms with Crippen molar-refractivity contribution in [1.29, 1.82) is 0 Å². The normalized spacial score (nSPS) is 10.4. The molecule has 0 aromatic heterocycles. The van der Waals surface area contributed by atoms with Gasteiger partial charge in [-0.05, 0) is 0 Å². The van der Waals surface area contributed by atoms with E-state index in [1.165, 1.54) is 35.5 Å². The van der Waals surface area contributed by atoms with Gasteiger partial charge in [-0.3, -0.25) is 0 Å². The molecule has 1 nitrogen and oxygen atoms in total. The van der Waals surface area contributed by atoms with Crippen molar-refractivity contribution in [2.45, 2.75) is 31.0 Å². The molecule has 0 aliphatic heterocycles. The first-order valence-corrected chi connectivity index (χ1v) is 7.38. The van der Waals surface area contributed by atoms with Gasteiger partial charge in [-0.1, -0.05) is 0 Å². The fourth-order valence-corrected chi connectivity index (χ4v) is 3.27. The summed E-state index contributed by atoms with van der Waals surface area (Å²) in [5.74, 6) is 0. The van der Waals surface area contributed by atoms with Crippen molar-refractivity contribution in [3.8, 4) is 0 Å². The summed E-state index contributed by atoms with van der Waals surface area (Å²) >= 11 is 0.684. The Balaban J connectivity index is 1.99. The first-order chi connectivity index (χ1) is 6.93. The summed E-state index contributed by atoms with van der Waals surface area (Å²) < 4.78 is 1.53. The Kier molecular flexibility index (Phi) is 6.76. The molecule has 1 rings (SSSR count). The van der Waals surface area contributed by atoms with E-state index < -0.39 is 0 Å². The third kappa shape index (κ3) is 5.43. The van der Waals surface area contributed by atoms with E-state index in [0.29, 0.717) is 15.0 Å². The van der Waals surface area contributed by atoms with Gasteiger partial charge in [0.1, 0.15) is 0 Å². The average molecular weight is 256 g/mol. The van der Waals surface area contributed by atoms with Crippen LogP contribution in [0.2, 0.25) is 5.32 Å². The second-order valence-corrected chi connectivity index (χ2v) is 5.82. The standard InChI is InChI=1S/C12H19NSe/c13-10-6-1-2-7-11-14-12-8-4-3-5-9-12/h3-5,8-9H,1-2,6-7,10-11,13H2. The van der Waals surface area contributed by atoms with E-state index in [1.54, 1.807) is 0 Å². The Labute approximate surface area is 93.2 Å². The molecule has 0 saturated carbocycles. The summed E-state index contributed by atoms with van der Waals surface area (Å²) in [6.45, 7) is 0.851. The van der Waals surface area contributed by atoms with Gasteiger partial charge in [0.2, 0.25) is 0 Å². The van der Waals surface area contributed by atoms with E-state index in [1.807, 2.05) is 0 Å². The summed E-state index contributed by atoms with van der Waals surface area (Å²) in [5, 5.41) is 1.38. The van der Waals surface area contributed by atoms with Crippen LogP contribution in [0.3, 0.4) is 0 Å². The van der Waals surface area contributed by atoms with E-state index >= 15 is 0 Å². The van der Waals surface area contributed by atoms with Crippen molar-refractivity contribution in [2.75, 3.05) is 6.54 Å². The summed E-state index contributed by atoms with van der Waals surface area (Å²) in [6.07, 6.45) is 5.22. The maximum atomic E-state index is 5.44. The fourth-order valence-electron chi connectivity index (χ4n) is 1.31. The molecule has 0 amide bonds. The molecule has 0 aliphatic rings. The Bertz CT molecular complexity index is 223. The first-order valence-electron chi connectivity index (χ1n) is 5.31. The van der Waals surface area contributed by atoms with Gasteiger partial charge >= 0.3 is 93.0 Å². The van der Waals surface area contributed by atoms with Crippen molar-refractivity contribution in [2.24, 2.45) is 5.73 Å². The van der Waals surface area contributed by atoms with Crippen LogP contribution in [0.25, 0.3) is 0 Å². The molecule has 0 heterocycles. The number of hydrogen-bond donors (Lipinski definition) is 1. The molecule has 1 aromatic carbocycles. The van der Waals surface area contributed by atoms with Gasteiger partial charge in [-0.15, -0.1) is 0 Å². The van der Waals surface area contributed by atoms with Crippen molar-refractivity contribution in [3.63, 3.8) is 0 Å². The van der Waals surface area contributed by atoms with Crippen LogP contribution in [-0.4, -0.2) is 21.5 Å². The summed E-state index contributed by atoms with van der Waals surface area (Å²) in [6, 6.07) is 10.8. The molecule has 2 heteroatoms. The van der Waals surface area contributed by atoms with Crippen molar-refractivity contribution in [1.82, 2.24) is 0 Å². The molecule has 78 valence electrons. The minimum absolute atomic E-state index is 0.684. The Morgan fingerprint density at radius 1 is 0.929 bits per heavy atom. The number of nitrogens with two attached hydrogens (primary N) is 1. The van der Waals surface area contributed by atoms with E-state index in [4.69, 9.17) is 5.73 Å². The average Bonchev–Trinajstić information content (AvgIpc) is 2.25. The zero-order valence-corrected chi connectivity index (χ0v) is 10.3. The zero-order chi connectivity index (χ0) is 10.1. The molecule has 0 bridgehead atoms. The molecule has 0 atom stereocenters. The first kappa shape index (κ1) is 11.8. The predicted octanol–water partition coefficient (Wildman–Crippen LogP) is 1.95. The second kappa shape index (κ2) is 8.04. The van der Waals surface area contributed by atoms with Gasteiger partial charge in [0.05, 0.1) is 0 Å². The molecule has 1 aromatic rings. The van der Waals surface area contributed by atoms with Crippen LogP contribution >= 0.6 is 0 Å². The molecule has 0 saturated heterocycles. The van der Waals surface area contributed by atoms with Gasteiger partial charge in [0.25, 0.3) is 0 Å². The van der Waals surface area contributed by atoms with E-state index in [9.17, 15) is 0 Å². The Hall–Kier alpha value is -0.301. The van der Waals surface area contributed by atoms with Crippen LogP contribution in [-0.2, 0) is 0 Å². The molecule has 14 heavy (non-hydrogen) atoms. The second-order valence-electron chi connectivity index (χ2n) is 3.36. The molecular weight excluding hydrogens is 237 g/mol. The quantitative estimate of drug-likeness (QED) is 0.585. The number of rotatable bonds is 7. The minimum atomic E-state index is 0.684. The van der Waals surface area contributed by atoms with Gasteiger partial charge in [-0.2, -0.15) is 0 Å². The third-order valence-electron chi connectivity index (χ3n) is 2.11. The topological polar surface area (TPSA) is 26.0 Å². The van der Waals surface area contributed by atoms with Crippen LogP contribution in [0, 0.1) is 0 Å². The summed E-state index contributed by atoms with van der Waals surface area (Å²) in [4.78, 5) is 0. The molecular formula is C12H19NSe. The zero-order valence-electron chi connectivity index (χ0n) is 8.61. The summed E-state index contributed by atoms with van der Waals surface area (Å²) in [7, 11) is 0. The van der Waals surface area contributed by atoms with Gasteiger partial charge < -0.3 is 0 Å². The molecule has 0 spiro atoms. The molecule has 0 aliphatic carbocycles. The Morgan fingerprint density at radius 3 is 2.36 bits per heavy atom. The molecule has 0 unspecified atom stereocenters. The van der Waals surface area contributed by atoms with Crippen LogP contribution in [0.1, 0.15) is 25.7 Å². The van der Waals surface area contributed by atoms with Crippen LogP contribution in [0.4, 0.5) is 0 Å². The van der Waals surface area contributed by atoms with Crippen molar-refractivity contribution in [3.05, 3.63) is 30.3 Å². The number of hydrogen-bond acceptors (Lipinski definition) is 1. The monoisotopic (exact) mass is 257 g/mol. The van der Waals surface area contributed by atoms with Crippen LogP contribution in [0.5, 0.6) is 0 Å².